The van der Waals surface area contributed by atoms with E-state index in [-0.39, 0.29) is 11.8 Å². The van der Waals surface area contributed by atoms with Crippen LogP contribution in [0.3, 0.4) is 0 Å². The maximum atomic E-state index is 12.4. The molecule has 182 valence electrons. The first-order chi connectivity index (χ1) is 17.0. The molecule has 0 saturated heterocycles. The molecule has 3 aromatic carbocycles. The molecule has 0 unspecified atom stereocenters. The lowest BCUT2D eigenvalue weighted by molar-refractivity contribution is 0.0651. The van der Waals surface area contributed by atoms with E-state index in [2.05, 4.69) is 57.2 Å². The number of unbranched alkanes of at least 4 members (excludes halogenated alkanes) is 5. The minimum atomic E-state index is -0.153. The maximum Gasteiger partial charge on any atom is 0.261 e. The molecule has 4 nitrogen and oxygen atoms in total. The third kappa shape index (κ3) is 5.48. The molecule has 0 radical (unpaired) electrons. The number of rotatable bonds is 11. The molecule has 1 aliphatic heterocycles. The lowest BCUT2D eigenvalue weighted by atomic mass is 9.92. The summed E-state index contributed by atoms with van der Waals surface area (Å²) in [6.45, 7) is 7.69. The Bertz CT molecular complexity index is 1160. The van der Waals surface area contributed by atoms with Crippen molar-refractivity contribution in [1.82, 2.24) is 4.90 Å². The molecular weight excluding hydrogens is 434 g/mol. The number of aryl methyl sites for hydroxylation is 2. The Morgan fingerprint density at radius 2 is 1.17 bits per heavy atom. The lowest BCUT2D eigenvalue weighted by Crippen LogP contribution is -2.30. The van der Waals surface area contributed by atoms with Gasteiger partial charge in [-0.1, -0.05) is 68.1 Å². The van der Waals surface area contributed by atoms with Gasteiger partial charge in [-0.05, 0) is 79.6 Å². The minimum Gasteiger partial charge on any atom is -0.493 e. The van der Waals surface area contributed by atoms with Gasteiger partial charge in [0.05, 0.1) is 17.7 Å². The van der Waals surface area contributed by atoms with Crippen LogP contribution in [0.2, 0.25) is 0 Å². The molecule has 3 aromatic rings. The Balaban J connectivity index is 1.15. The van der Waals surface area contributed by atoms with Gasteiger partial charge in [0.2, 0.25) is 0 Å². The first-order valence-corrected chi connectivity index (χ1v) is 12.7. The fourth-order valence-electron chi connectivity index (χ4n) is 4.98. The van der Waals surface area contributed by atoms with Crippen molar-refractivity contribution >= 4 is 11.8 Å². The largest absolute Gasteiger partial charge is 0.493 e. The molecule has 1 aliphatic rings. The van der Waals surface area contributed by atoms with Gasteiger partial charge in [0.15, 0.2) is 0 Å². The van der Waals surface area contributed by atoms with Crippen molar-refractivity contribution in [2.45, 2.75) is 59.3 Å². The Morgan fingerprint density at radius 3 is 1.83 bits per heavy atom. The number of carbonyl (C=O) groups excluding carboxylic acids is 2. The van der Waals surface area contributed by atoms with Crippen molar-refractivity contribution in [3.05, 3.63) is 88.5 Å². The van der Waals surface area contributed by atoms with Crippen LogP contribution in [0.4, 0.5) is 0 Å². The minimum absolute atomic E-state index is 0.153. The summed E-state index contributed by atoms with van der Waals surface area (Å²) in [5.74, 6) is 0.658. The fourth-order valence-corrected chi connectivity index (χ4v) is 4.98. The van der Waals surface area contributed by atoms with E-state index in [0.717, 1.165) is 44.3 Å². The Morgan fingerprint density at radius 1 is 0.629 bits per heavy atom. The van der Waals surface area contributed by atoms with Crippen LogP contribution < -0.4 is 4.74 Å². The Labute approximate surface area is 208 Å². The summed E-state index contributed by atoms with van der Waals surface area (Å²) >= 11 is 0. The number of amides is 2. The van der Waals surface area contributed by atoms with Gasteiger partial charge in [0.1, 0.15) is 5.75 Å². The Hall–Kier alpha value is -3.40. The van der Waals surface area contributed by atoms with Crippen LogP contribution in [0.1, 0.15) is 75.9 Å². The van der Waals surface area contributed by atoms with Crippen LogP contribution in [0, 0.1) is 20.8 Å². The van der Waals surface area contributed by atoms with E-state index in [9.17, 15) is 9.59 Å². The zero-order valence-corrected chi connectivity index (χ0v) is 21.1. The van der Waals surface area contributed by atoms with E-state index in [1.165, 1.54) is 32.7 Å². The summed E-state index contributed by atoms with van der Waals surface area (Å²) in [5.41, 5.74) is 7.38. The third-order valence-corrected chi connectivity index (χ3v) is 6.95. The highest BCUT2D eigenvalue weighted by atomic mass is 16.5. The second kappa shape index (κ2) is 11.4. The summed E-state index contributed by atoms with van der Waals surface area (Å²) in [4.78, 5) is 26.2. The number of hydrogen-bond acceptors (Lipinski definition) is 3. The molecule has 0 aromatic heterocycles. The van der Waals surface area contributed by atoms with Gasteiger partial charge in [-0.3, -0.25) is 14.5 Å². The van der Waals surface area contributed by atoms with Gasteiger partial charge in [0.25, 0.3) is 11.8 Å². The molecule has 1 heterocycles. The van der Waals surface area contributed by atoms with Gasteiger partial charge < -0.3 is 4.74 Å². The second-order valence-corrected chi connectivity index (χ2v) is 9.47. The average molecular weight is 470 g/mol. The van der Waals surface area contributed by atoms with Crippen molar-refractivity contribution in [3.63, 3.8) is 0 Å². The third-order valence-electron chi connectivity index (χ3n) is 6.95. The van der Waals surface area contributed by atoms with Crippen LogP contribution in [0.5, 0.6) is 5.75 Å². The topological polar surface area (TPSA) is 46.6 Å². The summed E-state index contributed by atoms with van der Waals surface area (Å²) in [5, 5.41) is 0. The Kier molecular flexibility index (Phi) is 8.02. The van der Waals surface area contributed by atoms with E-state index in [0.29, 0.717) is 24.3 Å². The SMILES string of the molecule is Cc1cccc(C)c1-c1cccc(OCCCCCCCCN2C(=O)c3ccccc3C2=O)c1C. The molecule has 0 atom stereocenters. The lowest BCUT2D eigenvalue weighted by Gasteiger charge is -2.16. The van der Waals surface area contributed by atoms with Crippen molar-refractivity contribution < 1.29 is 14.3 Å². The number of hydrogen-bond donors (Lipinski definition) is 0. The zero-order valence-electron chi connectivity index (χ0n) is 21.1. The summed E-state index contributed by atoms with van der Waals surface area (Å²) in [6, 6.07) is 19.8. The monoisotopic (exact) mass is 469 g/mol. The first kappa shape index (κ1) is 24.7. The molecule has 4 heteroatoms. The quantitative estimate of drug-likeness (QED) is 0.219. The highest BCUT2D eigenvalue weighted by molar-refractivity contribution is 6.21. The number of ether oxygens (including phenoxy) is 1. The number of nitrogens with zero attached hydrogens (tertiary/aromatic N) is 1. The molecule has 0 bridgehead atoms. The van der Waals surface area contributed by atoms with Gasteiger partial charge in [-0.15, -0.1) is 0 Å². The van der Waals surface area contributed by atoms with E-state index < -0.39 is 0 Å². The molecular formula is C31H35NO3. The number of fused-ring (bicyclic) bond motifs is 1. The predicted octanol–water partition coefficient (Wildman–Crippen LogP) is 7.29. The van der Waals surface area contributed by atoms with E-state index >= 15 is 0 Å². The molecule has 0 fully saturated rings. The number of benzene rings is 3. The maximum absolute atomic E-state index is 12.4. The first-order valence-electron chi connectivity index (χ1n) is 12.7. The molecule has 0 N–H and O–H groups in total. The zero-order chi connectivity index (χ0) is 24.8. The van der Waals surface area contributed by atoms with Crippen LogP contribution in [-0.2, 0) is 0 Å². The van der Waals surface area contributed by atoms with Crippen LogP contribution >= 0.6 is 0 Å². The highest BCUT2D eigenvalue weighted by Gasteiger charge is 2.34. The van der Waals surface area contributed by atoms with Crippen molar-refractivity contribution in [1.29, 1.82) is 0 Å². The van der Waals surface area contributed by atoms with E-state index in [1.807, 2.05) is 0 Å². The smallest absolute Gasteiger partial charge is 0.261 e. The summed E-state index contributed by atoms with van der Waals surface area (Å²) < 4.78 is 6.15. The second-order valence-electron chi connectivity index (χ2n) is 9.47. The number of imide groups is 1. The van der Waals surface area contributed by atoms with Gasteiger partial charge >= 0.3 is 0 Å². The average Bonchev–Trinajstić information content (AvgIpc) is 3.09. The van der Waals surface area contributed by atoms with Crippen LogP contribution in [0.25, 0.3) is 11.1 Å². The summed E-state index contributed by atoms with van der Waals surface area (Å²) in [6.07, 6.45) is 6.24. The van der Waals surface area contributed by atoms with Gasteiger partial charge in [-0.25, -0.2) is 0 Å². The highest BCUT2D eigenvalue weighted by Crippen LogP contribution is 2.34. The molecule has 2 amide bonds. The molecule has 0 aliphatic carbocycles. The molecule has 35 heavy (non-hydrogen) atoms. The van der Waals surface area contributed by atoms with Gasteiger partial charge in [0, 0.05) is 6.54 Å². The summed E-state index contributed by atoms with van der Waals surface area (Å²) in [7, 11) is 0. The normalized spacial score (nSPS) is 12.8. The molecule has 0 spiro atoms. The number of carbonyl (C=O) groups is 2. The molecule has 4 rings (SSSR count). The van der Waals surface area contributed by atoms with E-state index in [1.54, 1.807) is 24.3 Å². The van der Waals surface area contributed by atoms with Crippen LogP contribution in [-0.4, -0.2) is 29.9 Å². The molecule has 0 saturated carbocycles. The van der Waals surface area contributed by atoms with E-state index in [4.69, 9.17) is 4.74 Å². The van der Waals surface area contributed by atoms with Crippen molar-refractivity contribution in [2.24, 2.45) is 0 Å². The standard InChI is InChI=1S/C31H35NO3/c1-22-14-12-15-23(2)29(22)25-18-13-19-28(24(25)3)35-21-11-7-5-4-6-10-20-32-30(33)26-16-8-9-17-27(26)31(32)34/h8-9,12-19H,4-7,10-11,20-21H2,1-3H3. The predicted molar refractivity (Wildman–Crippen MR) is 141 cm³/mol. The van der Waals surface area contributed by atoms with Crippen molar-refractivity contribution in [3.8, 4) is 16.9 Å². The fraction of sp³-hybridized carbons (Fsp3) is 0.355. The van der Waals surface area contributed by atoms with Gasteiger partial charge in [-0.2, -0.15) is 0 Å². The van der Waals surface area contributed by atoms with Crippen LogP contribution in [0.15, 0.2) is 60.7 Å². The van der Waals surface area contributed by atoms with Crippen molar-refractivity contribution in [2.75, 3.05) is 13.2 Å².